The molecule has 0 saturated heterocycles. The number of carbonyl (C=O) groups is 1. The molecule has 4 heteroatoms. The summed E-state index contributed by atoms with van der Waals surface area (Å²) in [7, 11) is 1.62. The number of carboxylic acid groups (broad SMARTS) is 1. The van der Waals surface area contributed by atoms with Crippen molar-refractivity contribution in [1.29, 1.82) is 0 Å². The molecule has 1 aromatic rings. The molecule has 1 rings (SSSR count). The highest BCUT2D eigenvalue weighted by molar-refractivity contribution is 5.85. The first-order valence-corrected chi connectivity index (χ1v) is 5.24. The van der Waals surface area contributed by atoms with Crippen LogP contribution in [0.15, 0.2) is 35.9 Å². The number of hydrogen-bond donors (Lipinski definition) is 1. The summed E-state index contributed by atoms with van der Waals surface area (Å²) < 4.78 is 10.4. The van der Waals surface area contributed by atoms with Crippen molar-refractivity contribution in [3.63, 3.8) is 0 Å². The van der Waals surface area contributed by atoms with Gasteiger partial charge in [-0.2, -0.15) is 0 Å². The van der Waals surface area contributed by atoms with E-state index in [4.69, 9.17) is 14.6 Å². The highest BCUT2D eigenvalue weighted by Gasteiger charge is 1.98. The summed E-state index contributed by atoms with van der Waals surface area (Å²) in [5.41, 5.74) is 1.31. The number of hydrogen-bond acceptors (Lipinski definition) is 3. The molecule has 0 radical (unpaired) electrons. The first kappa shape index (κ1) is 13.3. The Morgan fingerprint density at radius 2 is 2.00 bits per heavy atom. The minimum atomic E-state index is -0.918. The van der Waals surface area contributed by atoms with Crippen LogP contribution in [0.3, 0.4) is 0 Å². The molecule has 92 valence electrons. The van der Waals surface area contributed by atoms with Crippen LogP contribution in [0, 0.1) is 0 Å². The van der Waals surface area contributed by atoms with Crippen LogP contribution in [0.5, 0.6) is 5.75 Å². The van der Waals surface area contributed by atoms with Gasteiger partial charge in [-0.3, -0.25) is 0 Å². The lowest BCUT2D eigenvalue weighted by atomic mass is 10.2. The zero-order valence-electron chi connectivity index (χ0n) is 9.97. The van der Waals surface area contributed by atoms with Crippen molar-refractivity contribution in [2.75, 3.05) is 13.7 Å². The fourth-order valence-corrected chi connectivity index (χ4v) is 1.17. The molecule has 0 saturated carbocycles. The summed E-state index contributed by atoms with van der Waals surface area (Å²) in [6.45, 7) is 2.29. The Morgan fingerprint density at radius 3 is 2.53 bits per heavy atom. The molecule has 0 aliphatic carbocycles. The monoisotopic (exact) mass is 236 g/mol. The number of rotatable bonds is 6. The highest BCUT2D eigenvalue weighted by Crippen LogP contribution is 2.11. The van der Waals surface area contributed by atoms with E-state index < -0.39 is 5.97 Å². The van der Waals surface area contributed by atoms with Gasteiger partial charge in [0.25, 0.3) is 0 Å². The van der Waals surface area contributed by atoms with E-state index in [1.54, 1.807) is 20.1 Å². The molecular weight excluding hydrogens is 220 g/mol. The van der Waals surface area contributed by atoms with Gasteiger partial charge in [0.05, 0.1) is 20.3 Å². The number of methoxy groups -OCH3 is 1. The molecule has 0 amide bonds. The summed E-state index contributed by atoms with van der Waals surface area (Å²) in [5, 5.41) is 8.62. The van der Waals surface area contributed by atoms with Gasteiger partial charge in [-0.1, -0.05) is 12.1 Å². The summed E-state index contributed by atoms with van der Waals surface area (Å²) >= 11 is 0. The first-order chi connectivity index (χ1) is 8.13. The van der Waals surface area contributed by atoms with Crippen molar-refractivity contribution < 1.29 is 19.4 Å². The smallest absolute Gasteiger partial charge is 0.331 e. The SMILES string of the molecule is COc1ccc(COC/C=C(\C)C(=O)O)cc1. The lowest BCUT2D eigenvalue weighted by Crippen LogP contribution is -1.99. The second kappa shape index (κ2) is 6.70. The van der Waals surface area contributed by atoms with Gasteiger partial charge in [0, 0.05) is 5.57 Å². The van der Waals surface area contributed by atoms with E-state index in [0.717, 1.165) is 11.3 Å². The standard InChI is InChI=1S/C13H16O4/c1-10(13(14)15)7-8-17-9-11-3-5-12(16-2)6-4-11/h3-7H,8-9H2,1-2H3,(H,14,15)/b10-7+. The van der Waals surface area contributed by atoms with Gasteiger partial charge < -0.3 is 14.6 Å². The maximum absolute atomic E-state index is 10.5. The number of aliphatic carboxylic acids is 1. The summed E-state index contributed by atoms with van der Waals surface area (Å²) in [6.07, 6.45) is 1.55. The first-order valence-electron chi connectivity index (χ1n) is 5.24. The predicted octanol–water partition coefficient (Wildman–Crippen LogP) is 2.24. The van der Waals surface area contributed by atoms with Crippen LogP contribution in [-0.2, 0) is 16.1 Å². The molecule has 0 heterocycles. The summed E-state index contributed by atoms with van der Waals surface area (Å²) in [4.78, 5) is 10.5. The average Bonchev–Trinajstić information content (AvgIpc) is 2.35. The Bertz CT molecular complexity index is 392. The van der Waals surface area contributed by atoms with Crippen LogP contribution in [-0.4, -0.2) is 24.8 Å². The third-order valence-corrected chi connectivity index (χ3v) is 2.27. The largest absolute Gasteiger partial charge is 0.497 e. The molecule has 1 N–H and O–H groups in total. The maximum atomic E-state index is 10.5. The number of carboxylic acids is 1. The van der Waals surface area contributed by atoms with Gasteiger partial charge in [-0.05, 0) is 30.7 Å². The van der Waals surface area contributed by atoms with Crippen molar-refractivity contribution in [3.8, 4) is 5.75 Å². The molecule has 0 unspecified atom stereocenters. The fraction of sp³-hybridized carbons (Fsp3) is 0.308. The Hall–Kier alpha value is -1.81. The lowest BCUT2D eigenvalue weighted by molar-refractivity contribution is -0.132. The van der Waals surface area contributed by atoms with E-state index >= 15 is 0 Å². The van der Waals surface area contributed by atoms with Crippen molar-refractivity contribution in [1.82, 2.24) is 0 Å². The normalized spacial score (nSPS) is 11.3. The maximum Gasteiger partial charge on any atom is 0.331 e. The minimum Gasteiger partial charge on any atom is -0.497 e. The van der Waals surface area contributed by atoms with Crippen molar-refractivity contribution in [3.05, 3.63) is 41.5 Å². The quantitative estimate of drug-likeness (QED) is 0.608. The zero-order chi connectivity index (χ0) is 12.7. The Kier molecular flexibility index (Phi) is 5.23. The topological polar surface area (TPSA) is 55.8 Å². The molecule has 0 atom stereocenters. The summed E-state index contributed by atoms with van der Waals surface area (Å²) in [5.74, 6) is -0.117. The summed E-state index contributed by atoms with van der Waals surface area (Å²) in [6, 6.07) is 7.53. The van der Waals surface area contributed by atoms with Crippen molar-refractivity contribution >= 4 is 5.97 Å². The predicted molar refractivity (Wildman–Crippen MR) is 64.0 cm³/mol. The van der Waals surface area contributed by atoms with Gasteiger partial charge >= 0.3 is 5.97 Å². The van der Waals surface area contributed by atoms with Gasteiger partial charge in [0.1, 0.15) is 5.75 Å². The second-order valence-electron chi connectivity index (χ2n) is 3.56. The zero-order valence-corrected chi connectivity index (χ0v) is 9.97. The molecule has 0 aliphatic heterocycles. The van der Waals surface area contributed by atoms with Crippen molar-refractivity contribution in [2.45, 2.75) is 13.5 Å². The molecule has 0 fully saturated rings. The third-order valence-electron chi connectivity index (χ3n) is 2.27. The van der Waals surface area contributed by atoms with Crippen LogP contribution in [0.2, 0.25) is 0 Å². The van der Waals surface area contributed by atoms with E-state index in [-0.39, 0.29) is 0 Å². The highest BCUT2D eigenvalue weighted by atomic mass is 16.5. The van der Waals surface area contributed by atoms with E-state index in [1.165, 1.54) is 0 Å². The Labute approximate surface area is 100 Å². The van der Waals surface area contributed by atoms with E-state index in [2.05, 4.69) is 0 Å². The van der Waals surface area contributed by atoms with Crippen LogP contribution in [0.4, 0.5) is 0 Å². The Morgan fingerprint density at radius 1 is 1.35 bits per heavy atom. The van der Waals surface area contributed by atoms with Crippen LogP contribution >= 0.6 is 0 Å². The van der Waals surface area contributed by atoms with Crippen LogP contribution in [0.25, 0.3) is 0 Å². The molecule has 0 aliphatic rings. The molecule has 1 aromatic carbocycles. The molecule has 17 heavy (non-hydrogen) atoms. The van der Waals surface area contributed by atoms with Gasteiger partial charge in [-0.25, -0.2) is 4.79 Å². The van der Waals surface area contributed by atoms with E-state index in [0.29, 0.717) is 18.8 Å². The van der Waals surface area contributed by atoms with Crippen LogP contribution < -0.4 is 4.74 Å². The van der Waals surface area contributed by atoms with Crippen LogP contribution in [0.1, 0.15) is 12.5 Å². The molecule has 0 bridgehead atoms. The second-order valence-corrected chi connectivity index (χ2v) is 3.56. The number of ether oxygens (including phenoxy) is 2. The van der Waals surface area contributed by atoms with E-state index in [9.17, 15) is 4.79 Å². The molecule has 0 spiro atoms. The average molecular weight is 236 g/mol. The molecular formula is C13H16O4. The lowest BCUT2D eigenvalue weighted by Gasteiger charge is -2.03. The van der Waals surface area contributed by atoms with E-state index in [1.807, 2.05) is 24.3 Å². The van der Waals surface area contributed by atoms with Gasteiger partial charge in [0.15, 0.2) is 0 Å². The minimum absolute atomic E-state index is 0.291. The Balaban J connectivity index is 2.36. The molecule has 4 nitrogen and oxygen atoms in total. The van der Waals surface area contributed by atoms with Gasteiger partial charge in [-0.15, -0.1) is 0 Å². The fourth-order valence-electron chi connectivity index (χ4n) is 1.17. The number of benzene rings is 1. The van der Waals surface area contributed by atoms with Gasteiger partial charge in [0.2, 0.25) is 0 Å². The molecule has 0 aromatic heterocycles. The van der Waals surface area contributed by atoms with Crippen molar-refractivity contribution in [2.24, 2.45) is 0 Å². The third kappa shape index (κ3) is 4.70.